The van der Waals surface area contributed by atoms with E-state index in [0.29, 0.717) is 89.8 Å². The molecule has 0 aliphatic carbocycles. The average molecular weight is 1240 g/mol. The summed E-state index contributed by atoms with van der Waals surface area (Å²) >= 11 is 0. The highest BCUT2D eigenvalue weighted by Gasteiger charge is 2.38. The summed E-state index contributed by atoms with van der Waals surface area (Å²) in [6, 6.07) is 34.4. The second-order valence-corrected chi connectivity index (χ2v) is 25.3. The van der Waals surface area contributed by atoms with Crippen molar-refractivity contribution in [3.63, 3.8) is 0 Å². The van der Waals surface area contributed by atoms with Crippen LogP contribution in [0.25, 0.3) is 27.6 Å². The van der Waals surface area contributed by atoms with Crippen LogP contribution in [-0.4, -0.2) is 180 Å². The molecule has 6 aliphatic heterocycles. The number of carbonyl (C=O) groups excluding carboxylic acids is 2. The first-order chi connectivity index (χ1) is 44.9. The van der Waals surface area contributed by atoms with Crippen LogP contribution >= 0.6 is 0 Å². The van der Waals surface area contributed by atoms with Gasteiger partial charge < -0.3 is 43.8 Å². The lowest BCUT2D eigenvalue weighted by Gasteiger charge is -2.42. The van der Waals surface area contributed by atoms with Crippen LogP contribution < -0.4 is 29.1 Å². The van der Waals surface area contributed by atoms with E-state index in [0.717, 1.165) is 108 Å². The van der Waals surface area contributed by atoms with E-state index in [9.17, 15) is 28.9 Å². The lowest BCUT2D eigenvalue weighted by atomic mass is 9.92. The monoisotopic (exact) mass is 1240 g/mol. The van der Waals surface area contributed by atoms with Gasteiger partial charge in [0.05, 0.1) is 61.5 Å². The number of alkyl halides is 2. The third-order valence-corrected chi connectivity index (χ3v) is 19.6. The molecule has 6 aliphatic rings. The lowest BCUT2D eigenvalue weighted by Crippen LogP contribution is -2.55. The molecule has 1 unspecified atom stereocenters. The summed E-state index contributed by atoms with van der Waals surface area (Å²) in [4.78, 5) is 69.1. The number of rotatable bonds is 17. The fourth-order valence-corrected chi connectivity index (χ4v) is 14.7. The van der Waals surface area contributed by atoms with E-state index in [2.05, 4.69) is 140 Å². The number of allylic oxidation sites excluding steroid dienone is 1. The largest absolute Gasteiger partial charge is 0.462 e. The number of hydrogen-bond donors (Lipinski definition) is 0. The van der Waals surface area contributed by atoms with Crippen molar-refractivity contribution in [2.75, 3.05) is 112 Å². The van der Waals surface area contributed by atoms with E-state index >= 15 is 0 Å². The van der Waals surface area contributed by atoms with Gasteiger partial charge in [-0.3, -0.25) is 19.5 Å². The molecule has 4 fully saturated rings. The number of aryl methyl sites for hydroxylation is 1. The Morgan fingerprint density at radius 1 is 0.652 bits per heavy atom. The number of hydrogen-bond acceptors (Lipinski definition) is 17. The Bertz CT molecular complexity index is 4020. The van der Waals surface area contributed by atoms with Crippen LogP contribution in [0, 0.1) is 29.6 Å². The SMILES string of the molecule is Cc1cccc2cccc(N3CCc4c(nc(OC[C@@H]5CC(c6cc(N7CCc8c(nc(OC[C@@H]9CCCN9C)nc8N8CCN(C(=O)/C=C/c9cccnc9)[C@@H](CC#N)C8)C7)c7ccccc7c6)CN5C)nc4N4CCN(C(=O)/C=C/C(F)F)[C@@H](CC#N)C4)C3)c12. The molecule has 0 radical (unpaired) electrons. The smallest absolute Gasteiger partial charge is 0.318 e. The number of likely N-dealkylation sites (tertiary alicyclic amines) is 2. The molecule has 9 heterocycles. The number of fused-ring (bicyclic) bond motifs is 4. The Kier molecular flexibility index (Phi) is 18.2. The summed E-state index contributed by atoms with van der Waals surface area (Å²) in [5, 5.41) is 24.7. The Balaban J connectivity index is 0.756. The molecule has 0 N–H and O–H groups in total. The number of nitrogens with zero attached hydrogens (tertiary/aromatic N) is 15. The van der Waals surface area contributed by atoms with E-state index in [4.69, 9.17) is 29.4 Å². The number of aromatic nitrogens is 5. The zero-order valence-corrected chi connectivity index (χ0v) is 52.5. The Morgan fingerprint density at radius 3 is 1.91 bits per heavy atom. The molecular weight excluding hydrogens is 1160 g/mol. The number of likely N-dealkylation sites (N-methyl/N-ethyl adjacent to an activating group) is 2. The first-order valence-electron chi connectivity index (χ1n) is 32.2. The van der Waals surface area contributed by atoms with Gasteiger partial charge in [0, 0.05) is 129 Å². The average Bonchev–Trinajstić information content (AvgIpc) is 0.808. The second kappa shape index (κ2) is 27.3. The first-order valence-corrected chi connectivity index (χ1v) is 32.2. The van der Waals surface area contributed by atoms with E-state index in [-0.39, 0.29) is 55.3 Å². The van der Waals surface area contributed by atoms with Gasteiger partial charge in [0.2, 0.25) is 11.8 Å². The first kappa shape index (κ1) is 61.5. The molecule has 0 saturated carbocycles. The van der Waals surface area contributed by atoms with Crippen LogP contribution in [0.4, 0.5) is 31.8 Å². The molecule has 474 valence electrons. The highest BCUT2D eigenvalue weighted by atomic mass is 19.3. The van der Waals surface area contributed by atoms with Gasteiger partial charge in [-0.15, -0.1) is 0 Å². The molecule has 92 heavy (non-hydrogen) atoms. The van der Waals surface area contributed by atoms with Gasteiger partial charge in [-0.05, 0) is 123 Å². The number of benzene rings is 4. The van der Waals surface area contributed by atoms with Crippen molar-refractivity contribution < 1.29 is 27.8 Å². The zero-order chi connectivity index (χ0) is 63.4. The summed E-state index contributed by atoms with van der Waals surface area (Å²) in [6.07, 6.45) is 10.0. The predicted molar refractivity (Wildman–Crippen MR) is 351 cm³/mol. The Hall–Kier alpha value is -9.31. The molecule has 4 saturated heterocycles. The van der Waals surface area contributed by atoms with Gasteiger partial charge in [-0.2, -0.15) is 30.5 Å². The minimum atomic E-state index is -2.76. The van der Waals surface area contributed by atoms with Crippen LogP contribution in [0.5, 0.6) is 12.0 Å². The summed E-state index contributed by atoms with van der Waals surface area (Å²) in [7, 11) is 4.28. The van der Waals surface area contributed by atoms with Gasteiger partial charge >= 0.3 is 12.0 Å². The standard InChI is InChI=1S/C71H77F2N15O4/c1-47-10-6-13-49-14-7-17-62(67(47)49)83-30-24-58-60(43-83)77-71(80-68(58)86-33-35-88(54(42-86)23-27-75)66(90)21-19-64(72)73)92-46-56-37-52(40-82(56)3)51-36-50-12-4-5-16-57(50)63(38-51)84-31-25-59-61(44-84)78-70(91-45-55-15-9-29-81(55)2)79-69(59)85-32-34-87(53(41-85)22-26-74)65(89)20-18-48-11-8-28-76-39-48/h4-8,10-14,16-21,28,36,38-39,52-56,64H,9,15,22-25,29-35,37,40-46H2,1-3H3/b20-18+,21-19+/t52?,53-,54-,55-,56-/m0/s1. The fraction of sp³-hybridized carbons (Fsp3) is 0.423. The summed E-state index contributed by atoms with van der Waals surface area (Å²) in [5.41, 5.74) is 9.34. The lowest BCUT2D eigenvalue weighted by molar-refractivity contribution is -0.129. The molecule has 2 amide bonds. The van der Waals surface area contributed by atoms with Crippen LogP contribution in [0.15, 0.2) is 116 Å². The maximum Gasteiger partial charge on any atom is 0.318 e. The van der Waals surface area contributed by atoms with Crippen molar-refractivity contribution in [2.24, 2.45) is 0 Å². The molecule has 3 aromatic heterocycles. The van der Waals surface area contributed by atoms with Crippen LogP contribution in [0.2, 0.25) is 0 Å². The van der Waals surface area contributed by atoms with Crippen LogP contribution in [0.1, 0.15) is 77.2 Å². The quantitative estimate of drug-likeness (QED) is 0.0784. The summed E-state index contributed by atoms with van der Waals surface area (Å²) < 4.78 is 39.7. The molecule has 4 aromatic carbocycles. The number of amides is 2. The van der Waals surface area contributed by atoms with Crippen LogP contribution in [-0.2, 0) is 35.5 Å². The molecular formula is C71H77F2N15O4. The molecule has 5 atom stereocenters. The second-order valence-electron chi connectivity index (χ2n) is 25.3. The van der Waals surface area contributed by atoms with E-state index in [1.165, 1.54) is 26.8 Å². The maximum atomic E-state index is 13.7. The van der Waals surface area contributed by atoms with Crippen molar-refractivity contribution in [3.05, 3.63) is 155 Å². The summed E-state index contributed by atoms with van der Waals surface area (Å²) in [5.74, 6) is 1.01. The summed E-state index contributed by atoms with van der Waals surface area (Å²) in [6.45, 7) is 9.60. The van der Waals surface area contributed by atoms with Crippen LogP contribution in [0.3, 0.4) is 0 Å². The Morgan fingerprint density at radius 2 is 1.28 bits per heavy atom. The van der Waals surface area contributed by atoms with Crippen molar-refractivity contribution in [2.45, 2.75) is 101 Å². The number of pyridine rings is 1. The van der Waals surface area contributed by atoms with Crippen molar-refractivity contribution >= 4 is 62.4 Å². The van der Waals surface area contributed by atoms with E-state index < -0.39 is 18.4 Å². The number of ether oxygens (including phenoxy) is 2. The Labute approximate surface area is 535 Å². The maximum absolute atomic E-state index is 13.7. The number of halogens is 2. The molecule has 0 bridgehead atoms. The number of nitriles is 2. The van der Waals surface area contributed by atoms with Crippen molar-refractivity contribution in [1.82, 2.24) is 44.5 Å². The third kappa shape index (κ3) is 13.1. The van der Waals surface area contributed by atoms with Gasteiger partial charge in [0.25, 0.3) is 6.43 Å². The minimum Gasteiger partial charge on any atom is -0.462 e. The minimum absolute atomic E-state index is 0.0273. The molecule has 7 aromatic rings. The highest BCUT2D eigenvalue weighted by Crippen LogP contribution is 2.41. The number of carbonyl (C=O) groups is 2. The van der Waals surface area contributed by atoms with E-state index in [1.807, 2.05) is 17.0 Å². The normalized spacial score (nSPS) is 21.4. The topological polar surface area (TPSA) is 191 Å². The highest BCUT2D eigenvalue weighted by molar-refractivity contribution is 5.98. The number of anilines is 4. The zero-order valence-electron chi connectivity index (χ0n) is 52.5. The van der Waals surface area contributed by atoms with Crippen molar-refractivity contribution in [3.8, 4) is 24.2 Å². The fourth-order valence-electron chi connectivity index (χ4n) is 14.7. The number of piperazine rings is 2. The van der Waals surface area contributed by atoms with Gasteiger partial charge in [0.1, 0.15) is 24.8 Å². The van der Waals surface area contributed by atoms with Gasteiger partial charge in [-0.25, -0.2) is 8.78 Å². The van der Waals surface area contributed by atoms with Gasteiger partial charge in [0.15, 0.2) is 0 Å². The van der Waals surface area contributed by atoms with E-state index in [1.54, 1.807) is 24.5 Å². The molecule has 21 heteroatoms. The molecule has 0 spiro atoms. The molecule has 19 nitrogen and oxygen atoms in total. The predicted octanol–water partition coefficient (Wildman–Crippen LogP) is 9.14. The molecule has 13 rings (SSSR count). The van der Waals surface area contributed by atoms with Gasteiger partial charge in [-0.1, -0.05) is 66.7 Å². The van der Waals surface area contributed by atoms with Crippen molar-refractivity contribution in [1.29, 1.82) is 10.5 Å². The third-order valence-electron chi connectivity index (χ3n) is 19.6.